The van der Waals surface area contributed by atoms with Crippen molar-refractivity contribution in [3.8, 4) is 16.4 Å². The minimum absolute atomic E-state index is 0.0685. The standard InChI is InChI=1S/C20H20N4O2S2/c1-12-10-28-20(22-12)24-13(2)7-16(14(24)3)17-11-27-19(23-17)8-18(25)21-9-15-5-4-6-26-15/h4-7,10-11H,8-9H2,1-3H3,(H,21,25). The van der Waals surface area contributed by atoms with Crippen molar-refractivity contribution in [2.24, 2.45) is 0 Å². The summed E-state index contributed by atoms with van der Waals surface area (Å²) in [6.45, 7) is 6.54. The fourth-order valence-corrected chi connectivity index (χ4v) is 4.78. The van der Waals surface area contributed by atoms with Gasteiger partial charge in [0.05, 0.1) is 30.6 Å². The number of aryl methyl sites for hydroxylation is 2. The fraction of sp³-hybridized carbons (Fsp3) is 0.250. The molecular formula is C20H20N4O2S2. The maximum absolute atomic E-state index is 12.2. The Bertz CT molecular complexity index is 1110. The van der Waals surface area contributed by atoms with Gasteiger partial charge in [-0.05, 0) is 39.0 Å². The first-order valence-electron chi connectivity index (χ1n) is 8.86. The van der Waals surface area contributed by atoms with E-state index >= 15 is 0 Å². The molecule has 4 aromatic heterocycles. The highest BCUT2D eigenvalue weighted by Gasteiger charge is 2.17. The van der Waals surface area contributed by atoms with E-state index in [1.807, 2.05) is 18.4 Å². The van der Waals surface area contributed by atoms with Crippen molar-refractivity contribution in [3.05, 3.63) is 63.1 Å². The average Bonchev–Trinajstić information content (AvgIpc) is 3.42. The number of hydrogen-bond donors (Lipinski definition) is 1. The summed E-state index contributed by atoms with van der Waals surface area (Å²) in [4.78, 5) is 21.5. The van der Waals surface area contributed by atoms with Crippen LogP contribution in [0.1, 0.15) is 27.8 Å². The zero-order valence-corrected chi connectivity index (χ0v) is 17.5. The summed E-state index contributed by atoms with van der Waals surface area (Å²) >= 11 is 3.13. The van der Waals surface area contributed by atoms with Gasteiger partial charge in [-0.25, -0.2) is 9.97 Å². The molecule has 0 aliphatic carbocycles. The molecule has 1 N–H and O–H groups in total. The average molecular weight is 413 g/mol. The molecule has 0 aromatic carbocycles. The lowest BCUT2D eigenvalue weighted by Crippen LogP contribution is -2.24. The van der Waals surface area contributed by atoms with Gasteiger partial charge in [0, 0.05) is 27.7 Å². The second kappa shape index (κ2) is 7.73. The minimum atomic E-state index is -0.0685. The number of nitrogens with zero attached hydrogens (tertiary/aromatic N) is 3. The summed E-state index contributed by atoms with van der Waals surface area (Å²) in [6, 6.07) is 5.77. The van der Waals surface area contributed by atoms with Gasteiger partial charge >= 0.3 is 0 Å². The maximum atomic E-state index is 12.2. The topological polar surface area (TPSA) is 73.0 Å². The lowest BCUT2D eigenvalue weighted by atomic mass is 10.2. The van der Waals surface area contributed by atoms with E-state index in [4.69, 9.17) is 4.42 Å². The molecule has 8 heteroatoms. The first-order chi connectivity index (χ1) is 13.5. The number of furan rings is 1. The summed E-state index contributed by atoms with van der Waals surface area (Å²) in [7, 11) is 0. The third-order valence-electron chi connectivity index (χ3n) is 4.41. The van der Waals surface area contributed by atoms with E-state index in [0.29, 0.717) is 6.54 Å². The monoisotopic (exact) mass is 412 g/mol. The number of aromatic nitrogens is 3. The summed E-state index contributed by atoms with van der Waals surface area (Å²) in [6.07, 6.45) is 1.86. The zero-order valence-electron chi connectivity index (χ0n) is 15.9. The Balaban J connectivity index is 1.49. The van der Waals surface area contributed by atoms with Gasteiger partial charge in [0.25, 0.3) is 0 Å². The molecule has 0 saturated carbocycles. The summed E-state index contributed by atoms with van der Waals surface area (Å²) in [5.41, 5.74) is 5.21. The van der Waals surface area contributed by atoms with Crippen molar-refractivity contribution in [2.75, 3.05) is 0 Å². The smallest absolute Gasteiger partial charge is 0.227 e. The van der Waals surface area contributed by atoms with Crippen LogP contribution in [0.25, 0.3) is 16.4 Å². The highest BCUT2D eigenvalue weighted by Crippen LogP contribution is 2.31. The van der Waals surface area contributed by atoms with Crippen LogP contribution in [0.5, 0.6) is 0 Å². The van der Waals surface area contributed by atoms with Crippen LogP contribution in [0.15, 0.2) is 39.6 Å². The first kappa shape index (κ1) is 18.6. The number of thiazole rings is 2. The van der Waals surface area contributed by atoms with Crippen molar-refractivity contribution in [1.82, 2.24) is 19.9 Å². The highest BCUT2D eigenvalue weighted by atomic mass is 32.1. The lowest BCUT2D eigenvalue weighted by Gasteiger charge is -2.05. The molecule has 0 fully saturated rings. The number of carbonyl (C=O) groups is 1. The third-order valence-corrected chi connectivity index (χ3v) is 6.20. The predicted molar refractivity (Wildman–Crippen MR) is 111 cm³/mol. The Hall–Kier alpha value is -2.71. The van der Waals surface area contributed by atoms with Crippen LogP contribution in [0.2, 0.25) is 0 Å². The Morgan fingerprint density at radius 3 is 2.79 bits per heavy atom. The van der Waals surface area contributed by atoms with E-state index in [9.17, 15) is 4.79 Å². The van der Waals surface area contributed by atoms with Gasteiger partial charge in [0.15, 0.2) is 5.13 Å². The molecule has 0 spiro atoms. The van der Waals surface area contributed by atoms with Gasteiger partial charge in [0.1, 0.15) is 10.8 Å². The minimum Gasteiger partial charge on any atom is -0.467 e. The van der Waals surface area contributed by atoms with Crippen LogP contribution in [0.4, 0.5) is 0 Å². The van der Waals surface area contributed by atoms with Crippen LogP contribution in [0, 0.1) is 20.8 Å². The molecule has 4 aromatic rings. The predicted octanol–water partition coefficient (Wildman–Crippen LogP) is 4.43. The van der Waals surface area contributed by atoms with Crippen LogP contribution >= 0.6 is 22.7 Å². The first-order valence-corrected chi connectivity index (χ1v) is 10.6. The van der Waals surface area contributed by atoms with Crippen LogP contribution in [-0.2, 0) is 17.8 Å². The molecule has 0 bridgehead atoms. The molecule has 1 amide bonds. The van der Waals surface area contributed by atoms with Crippen molar-refractivity contribution >= 4 is 28.6 Å². The molecule has 0 saturated heterocycles. The molecule has 0 aliphatic heterocycles. The molecule has 0 unspecified atom stereocenters. The second-order valence-electron chi connectivity index (χ2n) is 6.55. The van der Waals surface area contributed by atoms with E-state index in [1.54, 1.807) is 23.7 Å². The summed E-state index contributed by atoms with van der Waals surface area (Å²) in [5.74, 6) is 0.666. The fourth-order valence-electron chi connectivity index (χ4n) is 3.08. The van der Waals surface area contributed by atoms with Crippen LogP contribution in [0.3, 0.4) is 0 Å². The Morgan fingerprint density at radius 2 is 2.07 bits per heavy atom. The quantitative estimate of drug-likeness (QED) is 0.508. The molecule has 0 atom stereocenters. The molecule has 6 nitrogen and oxygen atoms in total. The number of amides is 1. The van der Waals surface area contributed by atoms with E-state index in [1.165, 1.54) is 11.3 Å². The van der Waals surface area contributed by atoms with Gasteiger partial charge in [-0.15, -0.1) is 22.7 Å². The Kier molecular flexibility index (Phi) is 5.15. The van der Waals surface area contributed by atoms with E-state index in [-0.39, 0.29) is 12.3 Å². The maximum Gasteiger partial charge on any atom is 0.227 e. The number of hydrogen-bond acceptors (Lipinski definition) is 6. The summed E-state index contributed by atoms with van der Waals surface area (Å²) < 4.78 is 7.38. The lowest BCUT2D eigenvalue weighted by molar-refractivity contribution is -0.120. The van der Waals surface area contributed by atoms with E-state index in [2.05, 4.69) is 45.1 Å². The molecule has 0 aliphatic rings. The summed E-state index contributed by atoms with van der Waals surface area (Å²) in [5, 5.41) is 8.67. The van der Waals surface area contributed by atoms with Crippen LogP contribution < -0.4 is 5.32 Å². The van der Waals surface area contributed by atoms with Gasteiger partial charge in [0.2, 0.25) is 5.91 Å². The van der Waals surface area contributed by atoms with E-state index in [0.717, 1.165) is 44.2 Å². The van der Waals surface area contributed by atoms with E-state index < -0.39 is 0 Å². The highest BCUT2D eigenvalue weighted by molar-refractivity contribution is 7.12. The zero-order chi connectivity index (χ0) is 19.7. The van der Waals surface area contributed by atoms with Gasteiger partial charge < -0.3 is 9.73 Å². The molecule has 144 valence electrons. The molecule has 4 rings (SSSR count). The van der Waals surface area contributed by atoms with Gasteiger partial charge in [-0.1, -0.05) is 0 Å². The van der Waals surface area contributed by atoms with Crippen molar-refractivity contribution in [3.63, 3.8) is 0 Å². The number of carbonyl (C=O) groups excluding carboxylic acids is 1. The van der Waals surface area contributed by atoms with Gasteiger partial charge in [-0.2, -0.15) is 0 Å². The Morgan fingerprint density at radius 1 is 1.21 bits per heavy atom. The number of nitrogens with one attached hydrogen (secondary N) is 1. The second-order valence-corrected chi connectivity index (χ2v) is 8.33. The molecular weight excluding hydrogens is 392 g/mol. The van der Waals surface area contributed by atoms with Crippen LogP contribution in [-0.4, -0.2) is 20.4 Å². The van der Waals surface area contributed by atoms with Crippen molar-refractivity contribution < 1.29 is 9.21 Å². The van der Waals surface area contributed by atoms with Crippen molar-refractivity contribution in [1.29, 1.82) is 0 Å². The number of rotatable bonds is 6. The molecule has 28 heavy (non-hydrogen) atoms. The normalized spacial score (nSPS) is 11.1. The molecule has 4 heterocycles. The molecule has 0 radical (unpaired) electrons. The SMILES string of the molecule is Cc1csc(-n2c(C)cc(-c3csc(CC(=O)NCc4ccco4)n3)c2C)n1. The van der Waals surface area contributed by atoms with Crippen molar-refractivity contribution in [2.45, 2.75) is 33.7 Å². The van der Waals surface area contributed by atoms with Gasteiger partial charge in [-0.3, -0.25) is 9.36 Å². The third kappa shape index (κ3) is 3.79. The largest absolute Gasteiger partial charge is 0.467 e. The Labute approximate surface area is 170 Å².